The van der Waals surface area contributed by atoms with E-state index in [0.29, 0.717) is 0 Å². The molecule has 0 aromatic heterocycles. The van der Waals surface area contributed by atoms with Crippen LogP contribution in [0.25, 0.3) is 0 Å². The number of nitro groups is 1. The fourth-order valence-corrected chi connectivity index (χ4v) is 3.67. The van der Waals surface area contributed by atoms with Crippen molar-refractivity contribution >= 4 is 5.69 Å². The highest BCUT2D eigenvalue weighted by atomic mass is 16.6. The number of ether oxygens (including phenoxy) is 1. The van der Waals surface area contributed by atoms with Crippen LogP contribution in [0.5, 0.6) is 5.75 Å². The van der Waals surface area contributed by atoms with Crippen molar-refractivity contribution in [2.24, 2.45) is 0 Å². The van der Waals surface area contributed by atoms with E-state index in [4.69, 9.17) is 4.74 Å². The van der Waals surface area contributed by atoms with E-state index < -0.39 is 0 Å². The maximum absolute atomic E-state index is 11.0. The molecule has 6 heteroatoms. The van der Waals surface area contributed by atoms with Gasteiger partial charge in [0.2, 0.25) is 0 Å². The Labute approximate surface area is 160 Å². The third-order valence-electron chi connectivity index (χ3n) is 5.26. The Balaban J connectivity index is 1.74. The third-order valence-corrected chi connectivity index (χ3v) is 5.26. The molecule has 0 radical (unpaired) electrons. The average molecular weight is 369 g/mol. The van der Waals surface area contributed by atoms with Crippen LogP contribution < -0.4 is 10.1 Å². The standard InChI is InChI=1S/C21H27N3O3/c1-16(17-7-5-9-19(13-17)24(25)26)22-15-21(23-11-3-4-12-23)18-8-6-10-20(14-18)27-2/h5-10,13-14,16,21-22H,3-4,11-12,15H2,1-2H3. The predicted octanol–water partition coefficient (Wildman–Crippen LogP) is 4.09. The molecule has 6 nitrogen and oxygen atoms in total. The lowest BCUT2D eigenvalue weighted by Gasteiger charge is -2.30. The van der Waals surface area contributed by atoms with Crippen molar-refractivity contribution in [2.45, 2.75) is 31.8 Å². The summed E-state index contributed by atoms with van der Waals surface area (Å²) in [6.07, 6.45) is 2.45. The molecule has 0 spiro atoms. The van der Waals surface area contributed by atoms with Crippen LogP contribution in [0.3, 0.4) is 0 Å². The number of nitrogens with one attached hydrogen (secondary N) is 1. The Morgan fingerprint density at radius 3 is 2.56 bits per heavy atom. The minimum Gasteiger partial charge on any atom is -0.497 e. The zero-order valence-electron chi connectivity index (χ0n) is 15.9. The van der Waals surface area contributed by atoms with Gasteiger partial charge in [0.05, 0.1) is 12.0 Å². The maximum atomic E-state index is 11.0. The highest BCUT2D eigenvalue weighted by molar-refractivity contribution is 5.36. The van der Waals surface area contributed by atoms with Crippen LogP contribution in [0.2, 0.25) is 0 Å². The van der Waals surface area contributed by atoms with E-state index in [0.717, 1.165) is 30.9 Å². The molecule has 144 valence electrons. The first-order valence-electron chi connectivity index (χ1n) is 9.44. The van der Waals surface area contributed by atoms with Gasteiger partial charge in [-0.1, -0.05) is 24.3 Å². The van der Waals surface area contributed by atoms with E-state index in [1.54, 1.807) is 19.2 Å². The smallest absolute Gasteiger partial charge is 0.269 e. The fraction of sp³-hybridized carbons (Fsp3) is 0.429. The topological polar surface area (TPSA) is 67.6 Å². The number of nitrogens with zero attached hydrogens (tertiary/aromatic N) is 2. The van der Waals surface area contributed by atoms with E-state index >= 15 is 0 Å². The third kappa shape index (κ3) is 4.84. The summed E-state index contributed by atoms with van der Waals surface area (Å²) < 4.78 is 5.40. The van der Waals surface area contributed by atoms with Crippen molar-refractivity contribution in [1.82, 2.24) is 10.2 Å². The molecule has 2 aromatic rings. The fourth-order valence-electron chi connectivity index (χ4n) is 3.67. The summed E-state index contributed by atoms with van der Waals surface area (Å²) >= 11 is 0. The van der Waals surface area contributed by atoms with Crippen molar-refractivity contribution < 1.29 is 9.66 Å². The lowest BCUT2D eigenvalue weighted by atomic mass is 10.0. The number of rotatable bonds is 8. The van der Waals surface area contributed by atoms with Gasteiger partial charge in [0.1, 0.15) is 5.75 Å². The van der Waals surface area contributed by atoms with Crippen molar-refractivity contribution in [3.63, 3.8) is 0 Å². The number of nitro benzene ring substituents is 1. The van der Waals surface area contributed by atoms with Gasteiger partial charge in [-0.3, -0.25) is 15.0 Å². The summed E-state index contributed by atoms with van der Waals surface area (Å²) in [5, 5.41) is 14.6. The lowest BCUT2D eigenvalue weighted by molar-refractivity contribution is -0.384. The molecule has 0 bridgehead atoms. The van der Waals surface area contributed by atoms with Gasteiger partial charge in [0, 0.05) is 30.8 Å². The number of hydrogen-bond donors (Lipinski definition) is 1. The lowest BCUT2D eigenvalue weighted by Crippen LogP contribution is -2.35. The van der Waals surface area contributed by atoms with E-state index in [1.807, 2.05) is 25.1 Å². The van der Waals surface area contributed by atoms with Crippen molar-refractivity contribution in [3.8, 4) is 5.75 Å². The highest BCUT2D eigenvalue weighted by Gasteiger charge is 2.24. The molecular weight excluding hydrogens is 342 g/mol. The molecule has 1 heterocycles. The van der Waals surface area contributed by atoms with Gasteiger partial charge < -0.3 is 10.1 Å². The van der Waals surface area contributed by atoms with Gasteiger partial charge >= 0.3 is 0 Å². The van der Waals surface area contributed by atoms with Gasteiger partial charge in [-0.2, -0.15) is 0 Å². The van der Waals surface area contributed by atoms with Crippen LogP contribution in [0.15, 0.2) is 48.5 Å². The van der Waals surface area contributed by atoms with Crippen molar-refractivity contribution in [1.29, 1.82) is 0 Å². The summed E-state index contributed by atoms with van der Waals surface area (Å²) in [5.41, 5.74) is 2.29. The number of hydrogen-bond acceptors (Lipinski definition) is 5. The average Bonchev–Trinajstić information content (AvgIpc) is 3.22. The molecule has 2 unspecified atom stereocenters. The molecule has 0 amide bonds. The van der Waals surface area contributed by atoms with Gasteiger partial charge in [-0.25, -0.2) is 0 Å². The predicted molar refractivity (Wildman–Crippen MR) is 106 cm³/mol. The van der Waals surface area contributed by atoms with Crippen LogP contribution in [-0.2, 0) is 0 Å². The molecule has 0 saturated carbocycles. The Morgan fingerprint density at radius 1 is 1.15 bits per heavy atom. The van der Waals surface area contributed by atoms with Gasteiger partial charge in [-0.15, -0.1) is 0 Å². The summed E-state index contributed by atoms with van der Waals surface area (Å²) in [6.45, 7) is 5.01. The highest BCUT2D eigenvalue weighted by Crippen LogP contribution is 2.28. The molecule has 1 aliphatic rings. The molecule has 2 aromatic carbocycles. The van der Waals surface area contributed by atoms with Crippen LogP contribution in [0.4, 0.5) is 5.69 Å². The molecule has 27 heavy (non-hydrogen) atoms. The number of methoxy groups -OCH3 is 1. The van der Waals surface area contributed by atoms with Crippen LogP contribution >= 0.6 is 0 Å². The van der Waals surface area contributed by atoms with Crippen LogP contribution in [-0.4, -0.2) is 36.6 Å². The molecule has 1 N–H and O–H groups in total. The van der Waals surface area contributed by atoms with Gasteiger partial charge in [-0.05, 0) is 56.1 Å². The number of non-ortho nitro benzene ring substituents is 1. The zero-order chi connectivity index (χ0) is 19.2. The Bertz CT molecular complexity index is 775. The molecule has 3 rings (SSSR count). The molecule has 0 aliphatic carbocycles. The second-order valence-corrected chi connectivity index (χ2v) is 7.02. The van der Waals surface area contributed by atoms with E-state index in [1.165, 1.54) is 24.5 Å². The minimum atomic E-state index is -0.348. The first kappa shape index (κ1) is 19.3. The van der Waals surface area contributed by atoms with Crippen LogP contribution in [0, 0.1) is 10.1 Å². The molecule has 1 aliphatic heterocycles. The van der Waals surface area contributed by atoms with Crippen LogP contribution in [0.1, 0.15) is 43.0 Å². The molecule has 2 atom stereocenters. The summed E-state index contributed by atoms with van der Waals surface area (Å²) in [7, 11) is 1.69. The van der Waals surface area contributed by atoms with E-state index in [2.05, 4.69) is 22.3 Å². The number of benzene rings is 2. The van der Waals surface area contributed by atoms with E-state index in [9.17, 15) is 10.1 Å². The second kappa shape index (κ2) is 8.97. The quantitative estimate of drug-likeness (QED) is 0.561. The SMILES string of the molecule is COc1cccc(C(CNC(C)c2cccc([N+](=O)[O-])c2)N2CCCC2)c1. The van der Waals surface area contributed by atoms with Crippen molar-refractivity contribution in [3.05, 3.63) is 69.8 Å². The molecule has 1 saturated heterocycles. The van der Waals surface area contributed by atoms with Gasteiger partial charge in [0.25, 0.3) is 5.69 Å². The monoisotopic (exact) mass is 369 g/mol. The summed E-state index contributed by atoms with van der Waals surface area (Å²) in [5.74, 6) is 0.864. The molecular formula is C21H27N3O3. The van der Waals surface area contributed by atoms with E-state index in [-0.39, 0.29) is 22.7 Å². The van der Waals surface area contributed by atoms with Crippen molar-refractivity contribution in [2.75, 3.05) is 26.7 Å². The summed E-state index contributed by atoms with van der Waals surface area (Å²) in [6, 6.07) is 15.4. The maximum Gasteiger partial charge on any atom is 0.269 e. The zero-order valence-corrected chi connectivity index (χ0v) is 15.9. The van der Waals surface area contributed by atoms with Gasteiger partial charge in [0.15, 0.2) is 0 Å². The largest absolute Gasteiger partial charge is 0.497 e. The number of likely N-dealkylation sites (tertiary alicyclic amines) is 1. The Morgan fingerprint density at radius 2 is 1.85 bits per heavy atom. The summed E-state index contributed by atoms with van der Waals surface area (Å²) in [4.78, 5) is 13.2. The Hall–Kier alpha value is -2.44. The Kier molecular flexibility index (Phi) is 6.42. The second-order valence-electron chi connectivity index (χ2n) is 7.02. The molecule has 1 fully saturated rings. The minimum absolute atomic E-state index is 0.0283. The first-order chi connectivity index (χ1) is 13.1. The first-order valence-corrected chi connectivity index (χ1v) is 9.44. The normalized spacial score (nSPS) is 16.8.